The Morgan fingerprint density at radius 3 is 2.33 bits per heavy atom. The van der Waals surface area contributed by atoms with Crippen LogP contribution in [0.5, 0.6) is 17.2 Å². The van der Waals surface area contributed by atoms with E-state index >= 15 is 0 Å². The molecule has 0 aromatic heterocycles. The first-order valence-electron chi connectivity index (χ1n) is 11.5. The van der Waals surface area contributed by atoms with Gasteiger partial charge in [0.15, 0.2) is 6.61 Å². The van der Waals surface area contributed by atoms with E-state index in [1.165, 1.54) is 11.8 Å². The normalized spacial score (nSPS) is 10.8. The van der Waals surface area contributed by atoms with Crippen molar-refractivity contribution in [3.8, 4) is 17.2 Å². The molecule has 0 aliphatic heterocycles. The number of carbonyl (C=O) groups is 2. The molecule has 7 heteroatoms. The van der Waals surface area contributed by atoms with Gasteiger partial charge in [0.1, 0.15) is 17.2 Å². The average molecular weight is 483 g/mol. The minimum atomic E-state index is -0.519. The molecule has 0 heterocycles. The Balaban J connectivity index is 1.47. The van der Waals surface area contributed by atoms with Gasteiger partial charge in [0.2, 0.25) is 0 Å². The number of ether oxygens (including phenoxy) is 3. The molecular weight excluding hydrogens is 456 g/mol. The Labute approximate surface area is 209 Å². The lowest BCUT2D eigenvalue weighted by molar-refractivity contribution is -0.123. The summed E-state index contributed by atoms with van der Waals surface area (Å²) in [6.07, 6.45) is 2.40. The average Bonchev–Trinajstić information content (AvgIpc) is 2.93. The van der Waals surface area contributed by atoms with Crippen molar-refractivity contribution in [1.29, 1.82) is 0 Å². The molecule has 0 bridgehead atoms. The third-order valence-corrected chi connectivity index (χ3v) is 5.54. The number of hydrazone groups is 1. The quantitative estimate of drug-likeness (QED) is 0.154. The lowest BCUT2D eigenvalue weighted by atomic mass is 10.0. The molecule has 0 saturated heterocycles. The number of hydrogen-bond donors (Lipinski definition) is 1. The van der Waals surface area contributed by atoms with E-state index in [2.05, 4.69) is 17.5 Å². The second kappa shape index (κ2) is 11.7. The first-order valence-corrected chi connectivity index (χ1v) is 11.5. The summed E-state index contributed by atoms with van der Waals surface area (Å²) in [7, 11) is 1.56. The summed E-state index contributed by atoms with van der Waals surface area (Å²) < 4.78 is 16.3. The number of methoxy groups -OCH3 is 1. The Hall–Kier alpha value is -4.65. The van der Waals surface area contributed by atoms with E-state index in [0.29, 0.717) is 28.4 Å². The molecule has 0 fully saturated rings. The minimum absolute atomic E-state index is 0.183. The Bertz CT molecular complexity index is 1380. The number of rotatable bonds is 9. The second-order valence-corrected chi connectivity index (χ2v) is 7.90. The topological polar surface area (TPSA) is 86.2 Å². The number of fused-ring (bicyclic) bond motifs is 1. The molecule has 182 valence electrons. The molecule has 1 N–H and O–H groups in total. The van der Waals surface area contributed by atoms with Gasteiger partial charge in [-0.25, -0.2) is 10.2 Å². The number of aryl methyl sites for hydroxylation is 1. The van der Waals surface area contributed by atoms with Gasteiger partial charge in [-0.1, -0.05) is 49.4 Å². The fourth-order valence-corrected chi connectivity index (χ4v) is 3.56. The van der Waals surface area contributed by atoms with Crippen LogP contribution in [0.1, 0.15) is 28.4 Å². The second-order valence-electron chi connectivity index (χ2n) is 7.90. The van der Waals surface area contributed by atoms with Crippen LogP contribution in [0.3, 0.4) is 0 Å². The zero-order chi connectivity index (χ0) is 25.3. The van der Waals surface area contributed by atoms with Crippen LogP contribution in [0.4, 0.5) is 0 Å². The molecule has 1 amide bonds. The summed E-state index contributed by atoms with van der Waals surface area (Å²) >= 11 is 0. The van der Waals surface area contributed by atoms with Crippen LogP contribution in [0.2, 0.25) is 0 Å². The predicted octanol–water partition coefficient (Wildman–Crippen LogP) is 5.16. The van der Waals surface area contributed by atoms with Crippen molar-refractivity contribution in [2.45, 2.75) is 13.3 Å². The third kappa shape index (κ3) is 6.07. The smallest absolute Gasteiger partial charge is 0.343 e. The highest BCUT2D eigenvalue weighted by atomic mass is 16.5. The van der Waals surface area contributed by atoms with Crippen LogP contribution in [-0.4, -0.2) is 31.8 Å². The fraction of sp³-hybridized carbons (Fsp3) is 0.138. The largest absolute Gasteiger partial charge is 0.497 e. The Kier molecular flexibility index (Phi) is 7.93. The molecule has 4 aromatic rings. The van der Waals surface area contributed by atoms with Gasteiger partial charge in [-0.05, 0) is 65.2 Å². The van der Waals surface area contributed by atoms with E-state index < -0.39 is 11.9 Å². The molecule has 4 rings (SSSR count). The lowest BCUT2D eigenvalue weighted by Gasteiger charge is -2.11. The molecule has 0 aliphatic carbocycles. The summed E-state index contributed by atoms with van der Waals surface area (Å²) in [5.41, 5.74) is 4.59. The van der Waals surface area contributed by atoms with E-state index in [1.54, 1.807) is 37.4 Å². The molecule has 0 spiro atoms. The maximum Gasteiger partial charge on any atom is 0.343 e. The van der Waals surface area contributed by atoms with E-state index in [-0.39, 0.29) is 6.61 Å². The maximum atomic E-state index is 12.8. The van der Waals surface area contributed by atoms with Crippen LogP contribution >= 0.6 is 0 Å². The van der Waals surface area contributed by atoms with Crippen molar-refractivity contribution >= 4 is 28.9 Å². The molecule has 36 heavy (non-hydrogen) atoms. The summed E-state index contributed by atoms with van der Waals surface area (Å²) in [5.74, 6) is 0.632. The van der Waals surface area contributed by atoms with Gasteiger partial charge in [-0.2, -0.15) is 5.10 Å². The monoisotopic (exact) mass is 482 g/mol. The number of nitrogens with one attached hydrogen (secondary N) is 1. The van der Waals surface area contributed by atoms with Crippen molar-refractivity contribution in [3.63, 3.8) is 0 Å². The van der Waals surface area contributed by atoms with Crippen LogP contribution in [0.25, 0.3) is 10.8 Å². The number of carbonyl (C=O) groups excluding carboxylic acids is 2. The van der Waals surface area contributed by atoms with Crippen molar-refractivity contribution in [1.82, 2.24) is 5.43 Å². The molecule has 0 aliphatic rings. The number of amides is 1. The molecule has 7 nitrogen and oxygen atoms in total. The van der Waals surface area contributed by atoms with Gasteiger partial charge in [0.25, 0.3) is 5.91 Å². The van der Waals surface area contributed by atoms with E-state index in [1.807, 2.05) is 54.6 Å². The molecule has 0 radical (unpaired) electrons. The zero-order valence-corrected chi connectivity index (χ0v) is 20.1. The van der Waals surface area contributed by atoms with Crippen molar-refractivity contribution < 1.29 is 23.8 Å². The zero-order valence-electron chi connectivity index (χ0n) is 20.1. The van der Waals surface area contributed by atoms with Gasteiger partial charge < -0.3 is 14.2 Å². The minimum Gasteiger partial charge on any atom is -0.497 e. The van der Waals surface area contributed by atoms with E-state index in [9.17, 15) is 9.59 Å². The predicted molar refractivity (Wildman–Crippen MR) is 139 cm³/mol. The van der Waals surface area contributed by atoms with E-state index in [4.69, 9.17) is 14.2 Å². The third-order valence-electron chi connectivity index (χ3n) is 5.54. The Morgan fingerprint density at radius 2 is 1.61 bits per heavy atom. The molecule has 0 atom stereocenters. The highest BCUT2D eigenvalue weighted by Gasteiger charge is 2.14. The van der Waals surface area contributed by atoms with Crippen LogP contribution < -0.4 is 19.6 Å². The number of hydrogen-bond acceptors (Lipinski definition) is 6. The number of benzene rings is 4. The highest BCUT2D eigenvalue weighted by molar-refractivity contribution is 6.04. The van der Waals surface area contributed by atoms with Crippen molar-refractivity contribution in [2.24, 2.45) is 5.10 Å². The maximum absolute atomic E-state index is 12.8. The van der Waals surface area contributed by atoms with Crippen LogP contribution in [0, 0.1) is 0 Å². The SMILES string of the molecule is CCc1ccc(OCC(=O)NN=Cc2c(OC(=O)c3ccc(OC)cc3)ccc3ccccc23)cc1. The Morgan fingerprint density at radius 1 is 0.889 bits per heavy atom. The molecule has 0 unspecified atom stereocenters. The van der Waals surface area contributed by atoms with Crippen LogP contribution in [-0.2, 0) is 11.2 Å². The summed E-state index contributed by atoms with van der Waals surface area (Å²) in [6.45, 7) is 1.89. The molecule has 0 saturated carbocycles. The van der Waals surface area contributed by atoms with Gasteiger partial charge in [0.05, 0.1) is 18.9 Å². The van der Waals surface area contributed by atoms with Gasteiger partial charge in [-0.3, -0.25) is 4.79 Å². The standard InChI is InChI=1S/C29H26N2O5/c1-3-20-8-13-24(14-9-20)35-19-28(32)31-30-18-26-25-7-5-4-6-21(25)12-17-27(26)36-29(33)22-10-15-23(34-2)16-11-22/h4-18H,3,19H2,1-2H3,(H,31,32). The van der Waals surface area contributed by atoms with Gasteiger partial charge in [0, 0.05) is 5.56 Å². The molecular formula is C29H26N2O5. The number of nitrogens with zero attached hydrogens (tertiary/aromatic N) is 1. The highest BCUT2D eigenvalue weighted by Crippen LogP contribution is 2.27. The van der Waals surface area contributed by atoms with Crippen LogP contribution in [0.15, 0.2) is 90.0 Å². The summed E-state index contributed by atoms with van der Waals surface area (Å²) in [6, 6.07) is 25.4. The first kappa shape index (κ1) is 24.5. The molecule has 4 aromatic carbocycles. The fourth-order valence-electron chi connectivity index (χ4n) is 3.56. The lowest BCUT2D eigenvalue weighted by Crippen LogP contribution is -2.24. The number of esters is 1. The first-order chi connectivity index (χ1) is 17.6. The van der Waals surface area contributed by atoms with Crippen molar-refractivity contribution in [3.05, 3.63) is 102 Å². The van der Waals surface area contributed by atoms with Gasteiger partial charge >= 0.3 is 5.97 Å². The van der Waals surface area contributed by atoms with E-state index in [0.717, 1.165) is 17.2 Å². The van der Waals surface area contributed by atoms with Crippen molar-refractivity contribution in [2.75, 3.05) is 13.7 Å². The summed E-state index contributed by atoms with van der Waals surface area (Å²) in [5, 5.41) is 5.84. The summed E-state index contributed by atoms with van der Waals surface area (Å²) in [4.78, 5) is 25.0. The van der Waals surface area contributed by atoms with Gasteiger partial charge in [-0.15, -0.1) is 0 Å².